The highest BCUT2D eigenvalue weighted by atomic mass is 79.9. The number of nitrogens with one attached hydrogen (secondary N) is 1. The molecule has 0 amide bonds. The number of hydrogen-bond donors (Lipinski definition) is 1. The molecule has 0 aromatic heterocycles. The summed E-state index contributed by atoms with van der Waals surface area (Å²) in [7, 11) is 0. The molecule has 2 aromatic carbocycles. The Morgan fingerprint density at radius 1 is 0.897 bits per heavy atom. The molecule has 162 valence electrons. The van der Waals surface area contributed by atoms with Gasteiger partial charge in [-0.1, -0.05) is 62.4 Å². The van der Waals surface area contributed by atoms with Gasteiger partial charge in [0.05, 0.1) is 11.1 Å². The van der Waals surface area contributed by atoms with E-state index in [-0.39, 0.29) is 12.4 Å². The van der Waals surface area contributed by atoms with Gasteiger partial charge in [-0.3, -0.25) is 0 Å². The summed E-state index contributed by atoms with van der Waals surface area (Å²) < 4.78 is 12.9. The standard InChI is InChI=1S/C24H34BrNO2.ClH/c1-4-6-7-8-9-14-26-17-21-15-22(25)24(23(16-21)27-5-2)28-18-20-12-10-19(3)11-13-20;/h10-13,15-16,26H,4-9,14,17-18H2,1-3H3;1H. The van der Waals surface area contributed by atoms with Crippen LogP contribution in [0.25, 0.3) is 0 Å². The van der Waals surface area contributed by atoms with Crippen molar-refractivity contribution < 1.29 is 9.47 Å². The average Bonchev–Trinajstić information content (AvgIpc) is 2.68. The Morgan fingerprint density at radius 2 is 1.62 bits per heavy atom. The number of ether oxygens (including phenoxy) is 2. The maximum absolute atomic E-state index is 6.09. The van der Waals surface area contributed by atoms with Crippen LogP contribution < -0.4 is 14.8 Å². The van der Waals surface area contributed by atoms with Gasteiger partial charge in [-0.15, -0.1) is 12.4 Å². The van der Waals surface area contributed by atoms with Crippen LogP contribution in [0.2, 0.25) is 0 Å². The molecule has 0 fully saturated rings. The van der Waals surface area contributed by atoms with E-state index >= 15 is 0 Å². The van der Waals surface area contributed by atoms with Crippen LogP contribution in [0.15, 0.2) is 40.9 Å². The zero-order valence-corrected chi connectivity index (χ0v) is 20.3. The molecule has 0 unspecified atom stereocenters. The van der Waals surface area contributed by atoms with Gasteiger partial charge in [0.1, 0.15) is 6.61 Å². The Morgan fingerprint density at radius 3 is 2.31 bits per heavy atom. The first-order valence-corrected chi connectivity index (χ1v) is 11.3. The summed E-state index contributed by atoms with van der Waals surface area (Å²) in [4.78, 5) is 0. The Bertz CT molecular complexity index is 707. The first kappa shape index (κ1) is 25.8. The van der Waals surface area contributed by atoms with Crippen LogP contribution >= 0.6 is 28.3 Å². The Labute approximate surface area is 191 Å². The van der Waals surface area contributed by atoms with Gasteiger partial charge in [-0.05, 0) is 66.0 Å². The zero-order chi connectivity index (χ0) is 20.2. The predicted molar refractivity (Wildman–Crippen MR) is 129 cm³/mol. The lowest BCUT2D eigenvalue weighted by Crippen LogP contribution is -2.15. The molecule has 2 rings (SSSR count). The van der Waals surface area contributed by atoms with E-state index in [2.05, 4.69) is 71.5 Å². The molecule has 0 aliphatic carbocycles. The average molecular weight is 485 g/mol. The molecule has 29 heavy (non-hydrogen) atoms. The van der Waals surface area contributed by atoms with Gasteiger partial charge in [0.25, 0.3) is 0 Å². The predicted octanol–water partition coefficient (Wildman–Crippen LogP) is 7.22. The normalized spacial score (nSPS) is 10.5. The summed E-state index contributed by atoms with van der Waals surface area (Å²) in [6.45, 7) is 9.36. The summed E-state index contributed by atoms with van der Waals surface area (Å²) in [5.74, 6) is 1.56. The molecule has 0 bridgehead atoms. The minimum absolute atomic E-state index is 0. The number of hydrogen-bond acceptors (Lipinski definition) is 3. The SMILES string of the molecule is CCCCCCCNCc1cc(Br)c(OCc2ccc(C)cc2)c(OCC)c1.Cl. The highest BCUT2D eigenvalue weighted by molar-refractivity contribution is 9.10. The van der Waals surface area contributed by atoms with Gasteiger partial charge in [0.15, 0.2) is 11.5 Å². The first-order chi connectivity index (χ1) is 13.6. The van der Waals surface area contributed by atoms with Crippen molar-refractivity contribution in [3.63, 3.8) is 0 Å². The van der Waals surface area contributed by atoms with E-state index in [9.17, 15) is 0 Å². The van der Waals surface area contributed by atoms with E-state index in [0.717, 1.165) is 34.6 Å². The molecule has 0 atom stereocenters. The quantitative estimate of drug-likeness (QED) is 0.304. The molecule has 3 nitrogen and oxygen atoms in total. The van der Waals surface area contributed by atoms with E-state index in [1.165, 1.54) is 43.2 Å². The molecule has 0 saturated carbocycles. The van der Waals surface area contributed by atoms with Gasteiger partial charge in [0, 0.05) is 6.54 Å². The number of aryl methyl sites for hydroxylation is 1. The summed E-state index contributed by atoms with van der Waals surface area (Å²) in [5, 5.41) is 3.54. The third-order valence-corrected chi connectivity index (χ3v) is 5.25. The molecular weight excluding hydrogens is 450 g/mol. The van der Waals surface area contributed by atoms with Gasteiger partial charge in [-0.25, -0.2) is 0 Å². The van der Waals surface area contributed by atoms with Crippen molar-refractivity contribution in [2.75, 3.05) is 13.2 Å². The van der Waals surface area contributed by atoms with Crippen LogP contribution in [0.5, 0.6) is 11.5 Å². The van der Waals surface area contributed by atoms with Crippen molar-refractivity contribution in [3.05, 3.63) is 57.6 Å². The van der Waals surface area contributed by atoms with E-state index in [0.29, 0.717) is 13.2 Å². The molecule has 0 aliphatic rings. The molecule has 1 N–H and O–H groups in total. The lowest BCUT2D eigenvalue weighted by atomic mass is 10.1. The summed E-state index contributed by atoms with van der Waals surface area (Å²) >= 11 is 3.67. The van der Waals surface area contributed by atoms with Crippen LogP contribution in [0.3, 0.4) is 0 Å². The summed E-state index contributed by atoms with van der Waals surface area (Å²) in [5.41, 5.74) is 3.60. The molecule has 5 heteroatoms. The molecular formula is C24H35BrClNO2. The maximum Gasteiger partial charge on any atom is 0.175 e. The molecule has 0 spiro atoms. The second kappa shape index (κ2) is 14.7. The van der Waals surface area contributed by atoms with Crippen LogP contribution in [0.1, 0.15) is 62.6 Å². The molecule has 0 heterocycles. The van der Waals surface area contributed by atoms with Crippen LogP contribution in [-0.4, -0.2) is 13.2 Å². The van der Waals surface area contributed by atoms with Crippen molar-refractivity contribution >= 4 is 28.3 Å². The topological polar surface area (TPSA) is 30.5 Å². The lowest BCUT2D eigenvalue weighted by molar-refractivity contribution is 0.267. The number of unbranched alkanes of at least 4 members (excludes halogenated alkanes) is 4. The fraction of sp³-hybridized carbons (Fsp3) is 0.500. The third kappa shape index (κ3) is 9.41. The summed E-state index contributed by atoms with van der Waals surface area (Å²) in [6, 6.07) is 12.6. The van der Waals surface area contributed by atoms with Gasteiger partial charge in [0.2, 0.25) is 0 Å². The minimum Gasteiger partial charge on any atom is -0.490 e. The fourth-order valence-electron chi connectivity index (χ4n) is 3.05. The zero-order valence-electron chi connectivity index (χ0n) is 17.9. The highest BCUT2D eigenvalue weighted by Gasteiger charge is 2.12. The highest BCUT2D eigenvalue weighted by Crippen LogP contribution is 2.37. The Hall–Kier alpha value is -1.23. The lowest BCUT2D eigenvalue weighted by Gasteiger charge is -2.16. The second-order valence-corrected chi connectivity index (χ2v) is 8.06. The van der Waals surface area contributed by atoms with Crippen molar-refractivity contribution in [2.45, 2.75) is 66.0 Å². The number of halogens is 2. The van der Waals surface area contributed by atoms with Crippen LogP contribution in [0.4, 0.5) is 0 Å². The maximum atomic E-state index is 6.09. The molecule has 0 saturated heterocycles. The van der Waals surface area contributed by atoms with Crippen molar-refractivity contribution in [1.82, 2.24) is 5.32 Å². The Kier molecular flexibility index (Phi) is 13.1. The van der Waals surface area contributed by atoms with Crippen LogP contribution in [0, 0.1) is 6.92 Å². The first-order valence-electron chi connectivity index (χ1n) is 10.5. The van der Waals surface area contributed by atoms with E-state index in [4.69, 9.17) is 9.47 Å². The third-order valence-electron chi connectivity index (χ3n) is 4.66. The molecule has 0 radical (unpaired) electrons. The van der Waals surface area contributed by atoms with E-state index in [1.807, 2.05) is 6.92 Å². The van der Waals surface area contributed by atoms with Crippen molar-refractivity contribution in [2.24, 2.45) is 0 Å². The second-order valence-electron chi connectivity index (χ2n) is 7.20. The van der Waals surface area contributed by atoms with E-state index in [1.54, 1.807) is 0 Å². The van der Waals surface area contributed by atoms with Crippen molar-refractivity contribution in [3.8, 4) is 11.5 Å². The molecule has 2 aromatic rings. The number of rotatable bonds is 13. The fourth-order valence-corrected chi connectivity index (χ4v) is 3.66. The largest absolute Gasteiger partial charge is 0.490 e. The van der Waals surface area contributed by atoms with Gasteiger partial charge < -0.3 is 14.8 Å². The minimum atomic E-state index is 0. The monoisotopic (exact) mass is 483 g/mol. The summed E-state index contributed by atoms with van der Waals surface area (Å²) in [6.07, 6.45) is 6.51. The molecule has 0 aliphatic heterocycles. The van der Waals surface area contributed by atoms with Crippen molar-refractivity contribution in [1.29, 1.82) is 0 Å². The smallest absolute Gasteiger partial charge is 0.175 e. The van der Waals surface area contributed by atoms with Gasteiger partial charge >= 0.3 is 0 Å². The van der Waals surface area contributed by atoms with Gasteiger partial charge in [-0.2, -0.15) is 0 Å². The Balaban J connectivity index is 0.00000420. The van der Waals surface area contributed by atoms with E-state index < -0.39 is 0 Å². The van der Waals surface area contributed by atoms with Crippen LogP contribution in [-0.2, 0) is 13.2 Å². The number of benzene rings is 2.